The Kier molecular flexibility index (Phi) is 4.74. The van der Waals surface area contributed by atoms with Crippen molar-refractivity contribution in [1.29, 1.82) is 0 Å². The van der Waals surface area contributed by atoms with E-state index in [1.165, 1.54) is 0 Å². The van der Waals surface area contributed by atoms with Gasteiger partial charge in [0.2, 0.25) is 17.0 Å². The van der Waals surface area contributed by atoms with Gasteiger partial charge >= 0.3 is 5.95 Å². The van der Waals surface area contributed by atoms with E-state index in [9.17, 15) is 0 Å². The van der Waals surface area contributed by atoms with E-state index >= 15 is 0 Å². The van der Waals surface area contributed by atoms with Crippen LogP contribution in [0.3, 0.4) is 0 Å². The van der Waals surface area contributed by atoms with Gasteiger partial charge in [0.25, 0.3) is 0 Å². The zero-order valence-corrected chi connectivity index (χ0v) is 18.9. The number of nitrogens with zero attached hydrogens (tertiary/aromatic N) is 3. The van der Waals surface area contributed by atoms with E-state index in [0.717, 1.165) is 55.7 Å². The number of pyridine rings is 1. The number of aromatic nitrogens is 3. The Hall–Kier alpha value is -4.39. The van der Waals surface area contributed by atoms with E-state index in [1.807, 2.05) is 61.0 Å². The maximum Gasteiger partial charge on any atom is 0.391 e. The second-order valence-corrected chi connectivity index (χ2v) is 8.39. The van der Waals surface area contributed by atoms with Crippen molar-refractivity contribution in [3.63, 3.8) is 0 Å². The molecule has 0 fully saturated rings. The summed E-state index contributed by atoms with van der Waals surface area (Å²) in [6.45, 7) is 2.00. The highest BCUT2D eigenvalue weighted by molar-refractivity contribution is 6.10. The van der Waals surface area contributed by atoms with Crippen LogP contribution in [0.25, 0.3) is 32.9 Å². The quantitative estimate of drug-likeness (QED) is 0.196. The second-order valence-electron chi connectivity index (χ2n) is 8.39. The zero-order chi connectivity index (χ0) is 23.3. The van der Waals surface area contributed by atoms with Crippen LogP contribution in [0.15, 0.2) is 66.7 Å². The van der Waals surface area contributed by atoms with Gasteiger partial charge in [0.1, 0.15) is 7.05 Å². The van der Waals surface area contributed by atoms with E-state index in [2.05, 4.69) is 46.2 Å². The summed E-state index contributed by atoms with van der Waals surface area (Å²) in [6, 6.07) is 22.3. The van der Waals surface area contributed by atoms with Crippen molar-refractivity contribution in [3.05, 3.63) is 72.4 Å². The van der Waals surface area contributed by atoms with Crippen LogP contribution in [0.4, 0.5) is 28.8 Å². The Labute approximate surface area is 192 Å². The number of benzene rings is 3. The third-order valence-electron chi connectivity index (χ3n) is 6.19. The molecule has 0 unspecified atom stereocenters. The van der Waals surface area contributed by atoms with E-state index < -0.39 is 0 Å². The van der Waals surface area contributed by atoms with Gasteiger partial charge in [0.15, 0.2) is 0 Å². The Bertz CT molecular complexity index is 1520. The van der Waals surface area contributed by atoms with Crippen LogP contribution in [0.1, 0.15) is 5.69 Å². The molecule has 33 heavy (non-hydrogen) atoms. The number of hydrogen-bond acceptors (Lipinski definition) is 5. The lowest BCUT2D eigenvalue weighted by Crippen LogP contribution is -2.36. The molecule has 0 aliphatic carbocycles. The van der Waals surface area contributed by atoms with Gasteiger partial charge in [-0.25, -0.2) is 4.57 Å². The molecule has 0 bridgehead atoms. The molecule has 7 nitrogen and oxygen atoms in total. The van der Waals surface area contributed by atoms with E-state index in [4.69, 9.17) is 17.2 Å². The lowest BCUT2D eigenvalue weighted by Gasteiger charge is -2.12. The number of rotatable bonds is 3. The van der Waals surface area contributed by atoms with Gasteiger partial charge < -0.3 is 16.8 Å². The molecule has 164 valence electrons. The van der Waals surface area contributed by atoms with Crippen LogP contribution in [0, 0.1) is 6.92 Å². The minimum Gasteiger partial charge on any atom is -0.399 e. The van der Waals surface area contributed by atoms with Crippen molar-refractivity contribution in [2.45, 2.75) is 6.92 Å². The van der Waals surface area contributed by atoms with Crippen LogP contribution >= 0.6 is 0 Å². The number of hydrogen-bond donors (Lipinski definition) is 4. The molecule has 2 heterocycles. The minimum atomic E-state index is 0.457. The molecule has 0 saturated carbocycles. The summed E-state index contributed by atoms with van der Waals surface area (Å²) in [6.07, 6.45) is 0. The fraction of sp³-hybridized carbons (Fsp3) is 0.115. The fourth-order valence-electron chi connectivity index (χ4n) is 4.32. The van der Waals surface area contributed by atoms with Crippen molar-refractivity contribution in [3.8, 4) is 11.3 Å². The summed E-state index contributed by atoms with van der Waals surface area (Å²) < 4.78 is 4.05. The Balaban J connectivity index is 1.73. The first-order chi connectivity index (χ1) is 15.8. The summed E-state index contributed by atoms with van der Waals surface area (Å²) >= 11 is 0. The third kappa shape index (κ3) is 3.53. The van der Waals surface area contributed by atoms with Gasteiger partial charge in [-0.3, -0.25) is 5.73 Å². The monoisotopic (exact) mass is 437 g/mol. The van der Waals surface area contributed by atoms with Crippen LogP contribution in [0.2, 0.25) is 0 Å². The molecule has 0 spiro atoms. The van der Waals surface area contributed by atoms with Crippen LogP contribution < -0.4 is 31.7 Å². The molecule has 0 radical (unpaired) electrons. The largest absolute Gasteiger partial charge is 0.399 e. The lowest BCUT2D eigenvalue weighted by molar-refractivity contribution is -0.665. The van der Waals surface area contributed by atoms with Gasteiger partial charge in [-0.05, 0) is 55.5 Å². The predicted molar refractivity (Wildman–Crippen MR) is 135 cm³/mol. The first-order valence-electron chi connectivity index (χ1n) is 10.7. The first-order valence-corrected chi connectivity index (χ1v) is 10.7. The average molecular weight is 438 g/mol. The Morgan fingerprint density at radius 3 is 2.15 bits per heavy atom. The number of fused-ring (bicyclic) bond motifs is 3. The van der Waals surface area contributed by atoms with Crippen molar-refractivity contribution < 1.29 is 9.13 Å². The average Bonchev–Trinajstić information content (AvgIpc) is 2.79. The molecule has 5 aromatic rings. The molecule has 0 aliphatic heterocycles. The molecule has 7 N–H and O–H groups in total. The maximum atomic E-state index is 6.18. The highest BCUT2D eigenvalue weighted by Gasteiger charge is 2.21. The van der Waals surface area contributed by atoms with Gasteiger partial charge in [-0.15, -0.1) is 0 Å². The highest BCUT2D eigenvalue weighted by atomic mass is 15.1. The van der Waals surface area contributed by atoms with Gasteiger partial charge in [0, 0.05) is 40.1 Å². The van der Waals surface area contributed by atoms with Gasteiger partial charge in [0.05, 0.1) is 23.5 Å². The molecule has 0 atom stereocenters. The van der Waals surface area contributed by atoms with Crippen LogP contribution in [-0.4, -0.2) is 4.98 Å². The van der Waals surface area contributed by atoms with Crippen molar-refractivity contribution >= 4 is 50.5 Å². The van der Waals surface area contributed by atoms with Crippen LogP contribution in [-0.2, 0) is 14.1 Å². The molecule has 2 aromatic heterocycles. The molecule has 0 aliphatic rings. The molecular weight excluding hydrogens is 410 g/mol. The molecule has 5 rings (SSSR count). The normalized spacial score (nSPS) is 11.2. The number of nitrogens with two attached hydrogens (primary N) is 3. The van der Waals surface area contributed by atoms with Crippen molar-refractivity contribution in [1.82, 2.24) is 4.98 Å². The zero-order valence-electron chi connectivity index (χ0n) is 18.9. The Morgan fingerprint density at radius 2 is 1.42 bits per heavy atom. The summed E-state index contributed by atoms with van der Waals surface area (Å²) in [7, 11) is 3.97. The molecule has 0 saturated heterocycles. The summed E-state index contributed by atoms with van der Waals surface area (Å²) in [5.74, 6) is 1.16. The molecule has 3 aromatic carbocycles. The van der Waals surface area contributed by atoms with E-state index in [-0.39, 0.29) is 0 Å². The van der Waals surface area contributed by atoms with Crippen molar-refractivity contribution in [2.75, 3.05) is 22.5 Å². The van der Waals surface area contributed by atoms with E-state index in [0.29, 0.717) is 11.8 Å². The highest BCUT2D eigenvalue weighted by Crippen LogP contribution is 2.34. The topological polar surface area (TPSA) is 111 Å². The third-order valence-corrected chi connectivity index (χ3v) is 6.19. The predicted octanol–water partition coefficient (Wildman–Crippen LogP) is 3.50. The molecular formula is C26H27N7+2. The SMILES string of the molecule is Cc1cc(Nc2ccc3c4ccc(N)cc4c(-c4ccc(N)cc4)[n+](C)c3c2)nc(N)[n+]1C. The first kappa shape index (κ1) is 20.5. The summed E-state index contributed by atoms with van der Waals surface area (Å²) in [4.78, 5) is 4.46. The second kappa shape index (κ2) is 7.63. The molecule has 7 heteroatoms. The lowest BCUT2D eigenvalue weighted by atomic mass is 9.98. The van der Waals surface area contributed by atoms with Crippen LogP contribution in [0.5, 0.6) is 0 Å². The van der Waals surface area contributed by atoms with Gasteiger partial charge in [-0.2, -0.15) is 4.57 Å². The Morgan fingerprint density at radius 1 is 0.727 bits per heavy atom. The van der Waals surface area contributed by atoms with Crippen molar-refractivity contribution in [2.24, 2.45) is 14.1 Å². The number of anilines is 5. The minimum absolute atomic E-state index is 0.457. The summed E-state index contributed by atoms with van der Waals surface area (Å²) in [5.41, 5.74) is 24.8. The molecule has 0 amide bonds. The number of nitrogen functional groups attached to an aromatic ring is 3. The van der Waals surface area contributed by atoms with E-state index in [1.54, 1.807) is 0 Å². The fourth-order valence-corrected chi connectivity index (χ4v) is 4.32. The number of nitrogens with one attached hydrogen (secondary N) is 1. The maximum absolute atomic E-state index is 6.18. The number of aryl methyl sites for hydroxylation is 2. The van der Waals surface area contributed by atoms with Gasteiger partial charge in [-0.1, -0.05) is 11.1 Å². The standard InChI is InChI=1S/C26H25N7/c1-15-12-24(31-26(29)32(15)2)30-19-9-11-21-20-10-8-18(28)13-22(20)25(33(3)23(21)14-19)16-4-6-17(27)7-5-16/h4-14H,28H2,1-3H3,(H3,27,29,30,31)/p+2. The smallest absolute Gasteiger partial charge is 0.391 e. The summed E-state index contributed by atoms with van der Waals surface area (Å²) in [5, 5.41) is 6.77.